The van der Waals surface area contributed by atoms with Gasteiger partial charge in [0.15, 0.2) is 5.58 Å². The Bertz CT molecular complexity index is 887. The van der Waals surface area contributed by atoms with Crippen LogP contribution in [0.1, 0.15) is 16.5 Å². The number of oxazole rings is 1. The zero-order valence-electron chi connectivity index (χ0n) is 10.9. The van der Waals surface area contributed by atoms with E-state index in [1.165, 1.54) is 10.6 Å². The lowest BCUT2D eigenvalue weighted by molar-refractivity contribution is 0.528. The van der Waals surface area contributed by atoms with E-state index in [0.717, 1.165) is 0 Å². The molecule has 6 heteroatoms. The number of halogens is 3. The number of aryl methyl sites for hydroxylation is 1. The van der Waals surface area contributed by atoms with E-state index >= 15 is 0 Å². The van der Waals surface area contributed by atoms with Gasteiger partial charge in [-0.15, -0.1) is 11.6 Å². The first-order valence-electron chi connectivity index (χ1n) is 6.16. The van der Waals surface area contributed by atoms with Crippen molar-refractivity contribution in [1.29, 1.82) is 0 Å². The molecule has 0 aliphatic heterocycles. The van der Waals surface area contributed by atoms with E-state index in [4.69, 9.17) is 16.0 Å². The topological polar surface area (TPSA) is 35.1 Å². The molecule has 0 amide bonds. The van der Waals surface area contributed by atoms with Crippen molar-refractivity contribution >= 4 is 38.6 Å². The molecule has 1 unspecified atom stereocenters. The maximum atomic E-state index is 14.0. The van der Waals surface area contributed by atoms with Gasteiger partial charge in [0.25, 0.3) is 0 Å². The minimum Gasteiger partial charge on any atom is -0.408 e. The summed E-state index contributed by atoms with van der Waals surface area (Å²) in [6.07, 6.45) is 0. The number of alkyl halides is 1. The summed E-state index contributed by atoms with van der Waals surface area (Å²) < 4.78 is 21.2. The normalized spacial score (nSPS) is 12.8. The highest BCUT2D eigenvalue weighted by Crippen LogP contribution is 2.33. The number of rotatable bonds is 2. The average Bonchev–Trinajstić information content (AvgIpc) is 2.73. The van der Waals surface area contributed by atoms with Gasteiger partial charge in [-0.25, -0.2) is 9.18 Å². The van der Waals surface area contributed by atoms with Crippen LogP contribution in [0.25, 0.3) is 11.1 Å². The zero-order chi connectivity index (χ0) is 15.1. The van der Waals surface area contributed by atoms with Crippen molar-refractivity contribution in [2.24, 2.45) is 7.05 Å². The van der Waals surface area contributed by atoms with Crippen molar-refractivity contribution < 1.29 is 8.81 Å². The summed E-state index contributed by atoms with van der Waals surface area (Å²) in [4.78, 5) is 11.5. The molecule has 0 fully saturated rings. The molecule has 0 saturated heterocycles. The van der Waals surface area contributed by atoms with Gasteiger partial charge in [0, 0.05) is 17.1 Å². The Morgan fingerprint density at radius 1 is 1.29 bits per heavy atom. The lowest BCUT2D eigenvalue weighted by Crippen LogP contribution is -2.08. The van der Waals surface area contributed by atoms with E-state index in [9.17, 15) is 9.18 Å². The minimum atomic E-state index is -0.659. The Labute approximate surface area is 133 Å². The smallest absolute Gasteiger partial charge is 0.408 e. The molecule has 0 aliphatic carbocycles. The third kappa shape index (κ3) is 2.51. The predicted octanol–water partition coefficient (Wildman–Crippen LogP) is 4.36. The van der Waals surface area contributed by atoms with Crippen LogP contribution in [0.15, 0.2) is 50.1 Å². The minimum absolute atomic E-state index is 0.373. The molecule has 3 rings (SSSR count). The van der Waals surface area contributed by atoms with E-state index in [1.807, 2.05) is 0 Å². The third-order valence-electron chi connectivity index (χ3n) is 3.34. The van der Waals surface area contributed by atoms with Gasteiger partial charge in [-0.3, -0.25) is 4.57 Å². The van der Waals surface area contributed by atoms with Gasteiger partial charge < -0.3 is 4.42 Å². The van der Waals surface area contributed by atoms with Crippen LogP contribution >= 0.6 is 27.5 Å². The van der Waals surface area contributed by atoms with E-state index < -0.39 is 11.1 Å². The van der Waals surface area contributed by atoms with Crippen LogP contribution in [-0.4, -0.2) is 4.57 Å². The Kier molecular flexibility index (Phi) is 3.63. The first-order valence-corrected chi connectivity index (χ1v) is 7.39. The van der Waals surface area contributed by atoms with Crippen LogP contribution in [0.5, 0.6) is 0 Å². The van der Waals surface area contributed by atoms with E-state index in [2.05, 4.69) is 15.9 Å². The molecular formula is C15H10BrClFNO2. The van der Waals surface area contributed by atoms with Gasteiger partial charge in [-0.1, -0.05) is 28.1 Å². The Hall–Kier alpha value is -1.59. The lowest BCUT2D eigenvalue weighted by atomic mass is 10.0. The summed E-state index contributed by atoms with van der Waals surface area (Å²) >= 11 is 9.56. The fourth-order valence-electron chi connectivity index (χ4n) is 2.19. The van der Waals surface area contributed by atoms with Crippen molar-refractivity contribution in [2.45, 2.75) is 5.38 Å². The molecule has 108 valence electrons. The van der Waals surface area contributed by atoms with Gasteiger partial charge in [-0.2, -0.15) is 0 Å². The van der Waals surface area contributed by atoms with Gasteiger partial charge >= 0.3 is 5.76 Å². The molecule has 0 spiro atoms. The van der Waals surface area contributed by atoms with E-state index in [1.54, 1.807) is 37.4 Å². The van der Waals surface area contributed by atoms with Gasteiger partial charge in [0.2, 0.25) is 0 Å². The van der Waals surface area contributed by atoms with Crippen LogP contribution in [0.3, 0.4) is 0 Å². The molecular weight excluding hydrogens is 361 g/mol. The molecule has 1 atom stereocenters. The number of hydrogen-bond acceptors (Lipinski definition) is 2. The van der Waals surface area contributed by atoms with Crippen molar-refractivity contribution in [3.63, 3.8) is 0 Å². The Morgan fingerprint density at radius 2 is 2.05 bits per heavy atom. The van der Waals surface area contributed by atoms with Crippen LogP contribution in [0.2, 0.25) is 0 Å². The fraction of sp³-hybridized carbons (Fsp3) is 0.133. The fourth-order valence-corrected chi connectivity index (χ4v) is 2.84. The highest BCUT2D eigenvalue weighted by Gasteiger charge is 2.17. The maximum Gasteiger partial charge on any atom is 0.419 e. The molecule has 0 saturated carbocycles. The van der Waals surface area contributed by atoms with E-state index in [-0.39, 0.29) is 5.82 Å². The lowest BCUT2D eigenvalue weighted by Gasteiger charge is -2.11. The monoisotopic (exact) mass is 369 g/mol. The highest BCUT2D eigenvalue weighted by molar-refractivity contribution is 9.10. The number of hydrogen-bond donors (Lipinski definition) is 0. The van der Waals surface area contributed by atoms with Crippen LogP contribution in [0, 0.1) is 5.82 Å². The summed E-state index contributed by atoms with van der Waals surface area (Å²) in [5, 5.41) is -0.659. The van der Waals surface area contributed by atoms with Crippen LogP contribution in [0.4, 0.5) is 4.39 Å². The van der Waals surface area contributed by atoms with Crippen molar-refractivity contribution in [3.05, 3.63) is 68.4 Å². The quantitative estimate of drug-likeness (QED) is 0.628. The van der Waals surface area contributed by atoms with Gasteiger partial charge in [0.1, 0.15) is 5.82 Å². The summed E-state index contributed by atoms with van der Waals surface area (Å²) in [5.41, 5.74) is 2.14. The maximum absolute atomic E-state index is 14.0. The van der Waals surface area contributed by atoms with Crippen LogP contribution in [-0.2, 0) is 7.05 Å². The van der Waals surface area contributed by atoms with Crippen molar-refractivity contribution in [2.75, 3.05) is 0 Å². The molecule has 1 heterocycles. The first kappa shape index (κ1) is 14.4. The largest absolute Gasteiger partial charge is 0.419 e. The molecule has 2 aromatic carbocycles. The van der Waals surface area contributed by atoms with Crippen molar-refractivity contribution in [1.82, 2.24) is 4.57 Å². The Balaban J connectivity index is 2.09. The molecule has 0 radical (unpaired) electrons. The highest BCUT2D eigenvalue weighted by atomic mass is 79.9. The molecule has 3 nitrogen and oxygen atoms in total. The average molecular weight is 371 g/mol. The summed E-state index contributed by atoms with van der Waals surface area (Å²) in [7, 11) is 1.63. The number of fused-ring (bicyclic) bond motifs is 1. The summed E-state index contributed by atoms with van der Waals surface area (Å²) in [6, 6.07) is 9.89. The number of benzene rings is 2. The first-order chi connectivity index (χ1) is 9.97. The zero-order valence-corrected chi connectivity index (χ0v) is 13.3. The second kappa shape index (κ2) is 5.31. The second-order valence-electron chi connectivity index (χ2n) is 4.68. The van der Waals surface area contributed by atoms with Crippen molar-refractivity contribution in [3.8, 4) is 0 Å². The summed E-state index contributed by atoms with van der Waals surface area (Å²) in [6.45, 7) is 0. The van der Waals surface area contributed by atoms with E-state index in [0.29, 0.717) is 26.7 Å². The third-order valence-corrected chi connectivity index (χ3v) is 4.32. The number of aromatic nitrogens is 1. The SMILES string of the molecule is Cn1c(=O)oc2cc(C(Cl)c3ccc(Br)cc3F)ccc21. The molecule has 1 aromatic heterocycles. The van der Waals surface area contributed by atoms with Gasteiger partial charge in [-0.05, 0) is 29.8 Å². The predicted molar refractivity (Wildman–Crippen MR) is 83.3 cm³/mol. The molecule has 0 aliphatic rings. The van der Waals surface area contributed by atoms with Gasteiger partial charge in [0.05, 0.1) is 10.9 Å². The number of nitrogens with zero attached hydrogens (tertiary/aromatic N) is 1. The molecule has 21 heavy (non-hydrogen) atoms. The van der Waals surface area contributed by atoms with Crippen LogP contribution < -0.4 is 5.76 Å². The second-order valence-corrected chi connectivity index (χ2v) is 6.03. The standard InChI is InChI=1S/C15H10BrClFNO2/c1-19-12-5-2-8(6-13(12)21-15(19)20)14(17)10-4-3-9(16)7-11(10)18/h2-7,14H,1H3. The summed E-state index contributed by atoms with van der Waals surface area (Å²) in [5.74, 6) is -0.831. The molecule has 0 bridgehead atoms. The molecule has 3 aromatic rings. The molecule has 0 N–H and O–H groups in total. The Morgan fingerprint density at radius 3 is 2.76 bits per heavy atom.